The van der Waals surface area contributed by atoms with Gasteiger partial charge in [-0.3, -0.25) is 4.79 Å². The van der Waals surface area contributed by atoms with Crippen molar-refractivity contribution in [2.75, 3.05) is 19.0 Å². The molecule has 1 aliphatic heterocycles. The number of nitrogens with zero attached hydrogens (tertiary/aromatic N) is 4. The molecule has 1 aliphatic rings. The molecule has 4 rings (SSSR count). The Labute approximate surface area is 160 Å². The van der Waals surface area contributed by atoms with Gasteiger partial charge in [0.25, 0.3) is 0 Å². The molecule has 0 aliphatic carbocycles. The molecular formula is C18H18ClN5O3. The van der Waals surface area contributed by atoms with E-state index < -0.39 is 0 Å². The van der Waals surface area contributed by atoms with Gasteiger partial charge in [-0.2, -0.15) is 5.10 Å². The number of hydrogen-bond acceptors (Lipinski definition) is 7. The number of carbonyl (C=O) groups is 1. The predicted octanol–water partition coefficient (Wildman–Crippen LogP) is 2.98. The van der Waals surface area contributed by atoms with E-state index in [1.165, 1.54) is 18.1 Å². The summed E-state index contributed by atoms with van der Waals surface area (Å²) in [5.74, 6) is 1.05. The van der Waals surface area contributed by atoms with Crippen molar-refractivity contribution in [3.8, 4) is 5.75 Å². The predicted molar refractivity (Wildman–Crippen MR) is 99.9 cm³/mol. The first-order valence-electron chi connectivity index (χ1n) is 8.58. The van der Waals surface area contributed by atoms with Gasteiger partial charge in [0.15, 0.2) is 5.65 Å². The molecule has 0 fully saturated rings. The lowest BCUT2D eigenvalue weighted by Gasteiger charge is -2.19. The molecule has 1 atom stereocenters. The van der Waals surface area contributed by atoms with Crippen molar-refractivity contribution >= 4 is 34.4 Å². The fourth-order valence-corrected chi connectivity index (χ4v) is 3.33. The number of methoxy groups -OCH3 is 1. The highest BCUT2D eigenvalue weighted by Gasteiger charge is 2.22. The number of hydrogen-bond donors (Lipinski definition) is 1. The number of esters is 1. The van der Waals surface area contributed by atoms with E-state index in [1.54, 1.807) is 6.20 Å². The topological polar surface area (TPSA) is 91.2 Å². The first kappa shape index (κ1) is 17.5. The van der Waals surface area contributed by atoms with Crippen LogP contribution in [0.3, 0.4) is 0 Å². The van der Waals surface area contributed by atoms with E-state index in [1.807, 2.05) is 18.2 Å². The van der Waals surface area contributed by atoms with Crippen molar-refractivity contribution in [1.82, 2.24) is 19.7 Å². The number of fused-ring (bicyclic) bond motifs is 2. The third kappa shape index (κ3) is 3.52. The summed E-state index contributed by atoms with van der Waals surface area (Å²) in [7, 11) is 1.34. The Hall–Kier alpha value is -2.87. The van der Waals surface area contributed by atoms with Gasteiger partial charge < -0.3 is 14.8 Å². The average molecular weight is 388 g/mol. The standard InChI is InChI=1S/C18H18ClN5O3/c1-26-16(25)9-24-18-13(8-22-24)17(20-10-21-18)23-14-3-2-6-27-15-7-11(19)4-5-12(14)15/h4-5,7-8,10,14H,2-3,6,9H2,1H3,(H,20,21,23). The largest absolute Gasteiger partial charge is 0.493 e. The number of benzene rings is 1. The lowest BCUT2D eigenvalue weighted by Crippen LogP contribution is -2.14. The molecule has 0 saturated carbocycles. The lowest BCUT2D eigenvalue weighted by atomic mass is 10.0. The minimum Gasteiger partial charge on any atom is -0.493 e. The molecule has 0 spiro atoms. The van der Waals surface area contributed by atoms with Gasteiger partial charge in [-0.05, 0) is 25.0 Å². The van der Waals surface area contributed by atoms with Crippen LogP contribution in [0.5, 0.6) is 5.75 Å². The number of ether oxygens (including phenoxy) is 2. The molecule has 3 heterocycles. The second-order valence-electron chi connectivity index (χ2n) is 6.21. The minimum atomic E-state index is -0.389. The van der Waals surface area contributed by atoms with Crippen LogP contribution in [-0.4, -0.2) is 39.4 Å². The Morgan fingerprint density at radius 3 is 3.19 bits per heavy atom. The number of aromatic nitrogens is 4. The first-order chi connectivity index (χ1) is 13.2. The maximum absolute atomic E-state index is 11.6. The van der Waals surface area contributed by atoms with Crippen LogP contribution in [0, 0.1) is 0 Å². The van der Waals surface area contributed by atoms with Crippen LogP contribution in [0.4, 0.5) is 5.82 Å². The zero-order valence-electron chi connectivity index (χ0n) is 14.7. The van der Waals surface area contributed by atoms with Crippen molar-refractivity contribution in [1.29, 1.82) is 0 Å². The Balaban J connectivity index is 1.67. The molecule has 1 N–H and O–H groups in total. The Bertz CT molecular complexity index is 990. The molecule has 2 aromatic heterocycles. The molecule has 0 saturated heterocycles. The van der Waals surface area contributed by atoms with Gasteiger partial charge in [0, 0.05) is 10.6 Å². The zero-order chi connectivity index (χ0) is 18.8. The summed E-state index contributed by atoms with van der Waals surface area (Å²) in [4.78, 5) is 20.2. The maximum Gasteiger partial charge on any atom is 0.327 e. The number of carbonyl (C=O) groups excluding carboxylic acids is 1. The molecule has 3 aromatic rings. The fourth-order valence-electron chi connectivity index (χ4n) is 3.17. The summed E-state index contributed by atoms with van der Waals surface area (Å²) in [5, 5.41) is 9.10. The van der Waals surface area contributed by atoms with E-state index in [-0.39, 0.29) is 18.6 Å². The molecular weight excluding hydrogens is 370 g/mol. The molecule has 0 radical (unpaired) electrons. The molecule has 9 heteroatoms. The van der Waals surface area contributed by atoms with Crippen LogP contribution in [0.15, 0.2) is 30.7 Å². The smallest absolute Gasteiger partial charge is 0.327 e. The SMILES string of the molecule is COC(=O)Cn1ncc2c(NC3CCCOc4cc(Cl)ccc43)ncnc21. The van der Waals surface area contributed by atoms with E-state index >= 15 is 0 Å². The number of halogens is 1. The quantitative estimate of drug-likeness (QED) is 0.688. The van der Waals surface area contributed by atoms with Gasteiger partial charge in [-0.15, -0.1) is 0 Å². The number of anilines is 1. The molecule has 0 bridgehead atoms. The molecule has 27 heavy (non-hydrogen) atoms. The van der Waals surface area contributed by atoms with Gasteiger partial charge >= 0.3 is 5.97 Å². The van der Waals surface area contributed by atoms with Gasteiger partial charge in [0.1, 0.15) is 24.4 Å². The summed E-state index contributed by atoms with van der Waals surface area (Å²) < 4.78 is 12.0. The van der Waals surface area contributed by atoms with Gasteiger partial charge in [-0.1, -0.05) is 17.7 Å². The Morgan fingerprint density at radius 2 is 2.33 bits per heavy atom. The highest BCUT2D eigenvalue weighted by Crippen LogP contribution is 2.36. The van der Waals surface area contributed by atoms with Crippen molar-refractivity contribution in [2.45, 2.75) is 25.4 Å². The first-order valence-corrected chi connectivity index (χ1v) is 8.95. The van der Waals surface area contributed by atoms with Crippen molar-refractivity contribution < 1.29 is 14.3 Å². The summed E-state index contributed by atoms with van der Waals surface area (Å²) in [5.41, 5.74) is 1.60. The van der Waals surface area contributed by atoms with Crippen LogP contribution in [0.2, 0.25) is 5.02 Å². The second-order valence-corrected chi connectivity index (χ2v) is 6.64. The van der Waals surface area contributed by atoms with E-state index in [0.29, 0.717) is 23.1 Å². The van der Waals surface area contributed by atoms with Crippen molar-refractivity contribution in [3.63, 3.8) is 0 Å². The van der Waals surface area contributed by atoms with Crippen LogP contribution >= 0.6 is 11.6 Å². The summed E-state index contributed by atoms with van der Waals surface area (Å²) in [6.45, 7) is 0.636. The third-order valence-corrected chi connectivity index (χ3v) is 4.73. The van der Waals surface area contributed by atoms with Crippen molar-refractivity contribution in [3.05, 3.63) is 41.3 Å². The maximum atomic E-state index is 11.6. The van der Waals surface area contributed by atoms with Crippen molar-refractivity contribution in [2.24, 2.45) is 0 Å². The van der Waals surface area contributed by atoms with Gasteiger partial charge in [0.05, 0.1) is 31.3 Å². The van der Waals surface area contributed by atoms with E-state index in [0.717, 1.165) is 29.5 Å². The Kier molecular flexibility index (Phi) is 4.81. The third-order valence-electron chi connectivity index (χ3n) is 4.50. The van der Waals surface area contributed by atoms with E-state index in [2.05, 4.69) is 20.4 Å². The molecule has 1 unspecified atom stereocenters. The highest BCUT2D eigenvalue weighted by atomic mass is 35.5. The lowest BCUT2D eigenvalue weighted by molar-refractivity contribution is -0.141. The van der Waals surface area contributed by atoms with Crippen LogP contribution in [0.25, 0.3) is 11.0 Å². The number of rotatable bonds is 4. The van der Waals surface area contributed by atoms with Crippen LogP contribution in [0.1, 0.15) is 24.4 Å². The molecule has 1 aromatic carbocycles. The summed E-state index contributed by atoms with van der Waals surface area (Å²) in [6, 6.07) is 5.68. The monoisotopic (exact) mass is 387 g/mol. The summed E-state index contributed by atoms with van der Waals surface area (Å²) >= 11 is 6.10. The highest BCUT2D eigenvalue weighted by molar-refractivity contribution is 6.30. The molecule has 140 valence electrons. The van der Waals surface area contributed by atoms with E-state index in [4.69, 9.17) is 21.1 Å². The molecule has 8 nitrogen and oxygen atoms in total. The Morgan fingerprint density at radius 1 is 1.44 bits per heavy atom. The fraction of sp³-hybridized carbons (Fsp3) is 0.333. The second kappa shape index (κ2) is 7.40. The molecule has 0 amide bonds. The summed E-state index contributed by atoms with van der Waals surface area (Å²) in [6.07, 6.45) is 4.89. The normalized spacial score (nSPS) is 16.3. The van der Waals surface area contributed by atoms with Crippen LogP contribution < -0.4 is 10.1 Å². The average Bonchev–Trinajstić information content (AvgIpc) is 2.97. The van der Waals surface area contributed by atoms with Gasteiger partial charge in [-0.25, -0.2) is 14.6 Å². The van der Waals surface area contributed by atoms with Gasteiger partial charge in [0.2, 0.25) is 0 Å². The zero-order valence-corrected chi connectivity index (χ0v) is 15.4. The van der Waals surface area contributed by atoms with Crippen LogP contribution in [-0.2, 0) is 16.1 Å². The number of nitrogens with one attached hydrogen (secondary N) is 1. The minimum absolute atomic E-state index is 0.00491. The van der Waals surface area contributed by atoms with E-state index in [9.17, 15) is 4.79 Å².